The molecule has 0 saturated heterocycles. The molecule has 0 unspecified atom stereocenters. The molecule has 0 aliphatic heterocycles. The molecule has 2 aromatic carbocycles. The van der Waals surface area contributed by atoms with Crippen molar-refractivity contribution in [3.05, 3.63) is 58.4 Å². The van der Waals surface area contributed by atoms with Gasteiger partial charge in [0, 0.05) is 19.6 Å². The van der Waals surface area contributed by atoms with Crippen molar-refractivity contribution >= 4 is 28.6 Å². The van der Waals surface area contributed by atoms with E-state index < -0.39 is 0 Å². The lowest BCUT2D eigenvalue weighted by atomic mass is 10.1. The van der Waals surface area contributed by atoms with Gasteiger partial charge in [-0.3, -0.25) is 14.2 Å². The fourth-order valence-corrected chi connectivity index (χ4v) is 4.56. The number of carbonyl (C=O) groups is 1. The molecule has 0 radical (unpaired) electrons. The second kappa shape index (κ2) is 11.9. The topological polar surface area (TPSA) is 73.7 Å². The van der Waals surface area contributed by atoms with Crippen molar-refractivity contribution in [1.29, 1.82) is 0 Å². The van der Waals surface area contributed by atoms with Crippen LogP contribution in [0.1, 0.15) is 32.8 Å². The Bertz CT molecular complexity index is 1190. The first-order chi connectivity index (χ1) is 16.4. The highest BCUT2D eigenvalue weighted by Crippen LogP contribution is 2.28. The SMILES string of the molecule is CCN(Cc1ccc(OC)c(OC)c1)C(=O)CSc1nc2ccccc2c(=O)n1CCC(C)C. The number of fused-ring (bicyclic) bond motifs is 1. The number of methoxy groups -OCH3 is 2. The van der Waals surface area contributed by atoms with E-state index in [9.17, 15) is 9.59 Å². The Morgan fingerprint density at radius 3 is 2.53 bits per heavy atom. The van der Waals surface area contributed by atoms with Gasteiger partial charge in [0.05, 0.1) is 30.9 Å². The molecule has 0 aliphatic rings. The van der Waals surface area contributed by atoms with Crippen molar-refractivity contribution < 1.29 is 14.3 Å². The van der Waals surface area contributed by atoms with E-state index in [1.54, 1.807) is 29.8 Å². The Morgan fingerprint density at radius 1 is 1.12 bits per heavy atom. The van der Waals surface area contributed by atoms with Gasteiger partial charge in [-0.15, -0.1) is 0 Å². The number of aromatic nitrogens is 2. The molecule has 0 saturated carbocycles. The number of ether oxygens (including phenoxy) is 2. The first-order valence-corrected chi connectivity index (χ1v) is 12.5. The molecule has 3 rings (SSSR count). The van der Waals surface area contributed by atoms with Crippen LogP contribution in [0.15, 0.2) is 52.4 Å². The van der Waals surface area contributed by atoms with Crippen molar-refractivity contribution in [3.8, 4) is 11.5 Å². The smallest absolute Gasteiger partial charge is 0.262 e. The van der Waals surface area contributed by atoms with E-state index in [1.807, 2.05) is 43.3 Å². The molecule has 0 fully saturated rings. The van der Waals surface area contributed by atoms with Gasteiger partial charge in [0.2, 0.25) is 5.91 Å². The van der Waals surface area contributed by atoms with Gasteiger partial charge in [0.1, 0.15) is 0 Å². The molecule has 1 heterocycles. The maximum atomic E-state index is 13.1. The van der Waals surface area contributed by atoms with E-state index in [0.717, 1.165) is 12.0 Å². The maximum absolute atomic E-state index is 13.1. The van der Waals surface area contributed by atoms with Crippen molar-refractivity contribution in [2.45, 2.75) is 45.4 Å². The molecule has 0 atom stereocenters. The lowest BCUT2D eigenvalue weighted by Crippen LogP contribution is -2.32. The van der Waals surface area contributed by atoms with E-state index in [1.165, 1.54) is 11.8 Å². The van der Waals surface area contributed by atoms with Crippen LogP contribution in [0, 0.1) is 5.92 Å². The van der Waals surface area contributed by atoms with E-state index in [2.05, 4.69) is 13.8 Å². The number of nitrogens with zero attached hydrogens (tertiary/aromatic N) is 3. The van der Waals surface area contributed by atoms with Crippen LogP contribution in [-0.2, 0) is 17.9 Å². The highest BCUT2D eigenvalue weighted by atomic mass is 32.2. The molecule has 1 aromatic heterocycles. The van der Waals surface area contributed by atoms with E-state index >= 15 is 0 Å². The van der Waals surface area contributed by atoms with Gasteiger partial charge in [-0.2, -0.15) is 0 Å². The Kier molecular flexibility index (Phi) is 8.98. The van der Waals surface area contributed by atoms with Crippen molar-refractivity contribution in [2.75, 3.05) is 26.5 Å². The van der Waals surface area contributed by atoms with Gasteiger partial charge in [-0.25, -0.2) is 4.98 Å². The second-order valence-corrected chi connectivity index (χ2v) is 9.38. The molecule has 1 amide bonds. The molecule has 0 spiro atoms. The van der Waals surface area contributed by atoms with Crippen molar-refractivity contribution in [1.82, 2.24) is 14.5 Å². The number of para-hydroxylation sites is 1. The zero-order valence-corrected chi connectivity index (χ0v) is 21.4. The van der Waals surface area contributed by atoms with E-state index in [-0.39, 0.29) is 17.2 Å². The van der Waals surface area contributed by atoms with E-state index in [0.29, 0.717) is 53.1 Å². The van der Waals surface area contributed by atoms with Gasteiger partial charge in [-0.05, 0) is 49.1 Å². The largest absolute Gasteiger partial charge is 0.493 e. The molecule has 0 N–H and O–H groups in total. The summed E-state index contributed by atoms with van der Waals surface area (Å²) >= 11 is 1.32. The average molecular weight is 484 g/mol. The maximum Gasteiger partial charge on any atom is 0.262 e. The third-order valence-electron chi connectivity index (χ3n) is 5.64. The number of hydrogen-bond acceptors (Lipinski definition) is 6. The third-order valence-corrected chi connectivity index (χ3v) is 6.60. The van der Waals surface area contributed by atoms with Gasteiger partial charge in [0.25, 0.3) is 5.56 Å². The first-order valence-electron chi connectivity index (χ1n) is 11.5. The predicted molar refractivity (Wildman–Crippen MR) is 137 cm³/mol. The minimum atomic E-state index is -0.0566. The standard InChI is InChI=1S/C26H33N3O4S/c1-6-28(16-19-11-12-22(32-4)23(15-19)33-5)24(30)17-34-26-27-21-10-8-7-9-20(21)25(31)29(26)14-13-18(2)3/h7-12,15,18H,6,13-14,16-17H2,1-5H3. The Hall–Kier alpha value is -3.00. The van der Waals surface area contributed by atoms with Crippen LogP contribution >= 0.6 is 11.8 Å². The molecule has 0 bridgehead atoms. The Labute approximate surface area is 205 Å². The number of hydrogen-bond donors (Lipinski definition) is 0. The summed E-state index contributed by atoms with van der Waals surface area (Å²) in [7, 11) is 3.19. The van der Waals surface area contributed by atoms with Crippen LogP contribution in [0.3, 0.4) is 0 Å². The summed E-state index contributed by atoms with van der Waals surface area (Å²) in [5.41, 5.74) is 1.55. The summed E-state index contributed by atoms with van der Waals surface area (Å²) in [4.78, 5) is 32.7. The van der Waals surface area contributed by atoms with Crippen molar-refractivity contribution in [2.24, 2.45) is 5.92 Å². The van der Waals surface area contributed by atoms with Gasteiger partial charge in [-0.1, -0.05) is 43.8 Å². The lowest BCUT2D eigenvalue weighted by Gasteiger charge is -2.22. The highest BCUT2D eigenvalue weighted by molar-refractivity contribution is 7.99. The number of rotatable bonds is 11. The quantitative estimate of drug-likeness (QED) is 0.293. The molecule has 7 nitrogen and oxygen atoms in total. The highest BCUT2D eigenvalue weighted by Gasteiger charge is 2.17. The molecule has 0 aliphatic carbocycles. The summed E-state index contributed by atoms with van der Waals surface area (Å²) in [6.07, 6.45) is 0.863. The minimum Gasteiger partial charge on any atom is -0.493 e. The number of thioether (sulfide) groups is 1. The fraction of sp³-hybridized carbons (Fsp3) is 0.423. The third kappa shape index (κ3) is 6.11. The predicted octanol–water partition coefficient (Wildman–Crippen LogP) is 4.60. The van der Waals surface area contributed by atoms with Crippen LogP contribution in [0.5, 0.6) is 11.5 Å². The molecule has 8 heteroatoms. The monoisotopic (exact) mass is 483 g/mol. The zero-order valence-electron chi connectivity index (χ0n) is 20.5. The zero-order chi connectivity index (χ0) is 24.7. The summed E-state index contributed by atoms with van der Waals surface area (Å²) in [5.74, 6) is 1.92. The van der Waals surface area contributed by atoms with Crippen LogP contribution < -0.4 is 15.0 Å². The summed E-state index contributed by atoms with van der Waals surface area (Å²) in [6.45, 7) is 7.82. The fourth-order valence-electron chi connectivity index (χ4n) is 3.64. The molecule has 3 aromatic rings. The average Bonchev–Trinajstić information content (AvgIpc) is 2.85. The van der Waals surface area contributed by atoms with Gasteiger partial charge in [0.15, 0.2) is 16.7 Å². The van der Waals surface area contributed by atoms with Crippen LogP contribution in [-0.4, -0.2) is 46.9 Å². The second-order valence-electron chi connectivity index (χ2n) is 8.44. The summed E-state index contributed by atoms with van der Waals surface area (Å²) in [5, 5.41) is 1.19. The van der Waals surface area contributed by atoms with Crippen LogP contribution in [0.2, 0.25) is 0 Å². The number of carbonyl (C=O) groups excluding carboxylic acids is 1. The summed E-state index contributed by atoms with van der Waals surface area (Å²) < 4.78 is 12.4. The van der Waals surface area contributed by atoms with Crippen LogP contribution in [0.25, 0.3) is 10.9 Å². The number of amides is 1. The Morgan fingerprint density at radius 2 is 1.85 bits per heavy atom. The normalized spacial score (nSPS) is 11.1. The molecular formula is C26H33N3O4S. The van der Waals surface area contributed by atoms with E-state index in [4.69, 9.17) is 14.5 Å². The van der Waals surface area contributed by atoms with Crippen LogP contribution in [0.4, 0.5) is 0 Å². The Balaban J connectivity index is 1.79. The minimum absolute atomic E-state index is 0.0138. The lowest BCUT2D eigenvalue weighted by molar-refractivity contribution is -0.128. The molecule has 182 valence electrons. The van der Waals surface area contributed by atoms with Gasteiger partial charge < -0.3 is 14.4 Å². The molecular weight excluding hydrogens is 450 g/mol. The summed E-state index contributed by atoms with van der Waals surface area (Å²) in [6, 6.07) is 13.0. The van der Waals surface area contributed by atoms with Gasteiger partial charge >= 0.3 is 0 Å². The number of benzene rings is 2. The molecule has 34 heavy (non-hydrogen) atoms. The first kappa shape index (κ1) is 25.6. The van der Waals surface area contributed by atoms with Crippen molar-refractivity contribution in [3.63, 3.8) is 0 Å².